The molecule has 3 aromatic rings. The molecule has 0 bridgehead atoms. The van der Waals surface area contributed by atoms with Crippen LogP contribution in [0.15, 0.2) is 54.7 Å². The predicted molar refractivity (Wildman–Crippen MR) is 109 cm³/mol. The first kappa shape index (κ1) is 19.7. The fourth-order valence-electron chi connectivity index (χ4n) is 2.68. The van der Waals surface area contributed by atoms with E-state index in [9.17, 15) is 9.59 Å². The van der Waals surface area contributed by atoms with E-state index in [4.69, 9.17) is 4.74 Å². The number of thiazole rings is 1. The van der Waals surface area contributed by atoms with Gasteiger partial charge in [0.1, 0.15) is 5.69 Å². The SMILES string of the molecule is CCOC(=O)c1nc(N(CCc2ccccc2)C(=O)c2ccccn2)sc1C. The van der Waals surface area contributed by atoms with Crippen LogP contribution in [-0.4, -0.2) is 35.0 Å². The van der Waals surface area contributed by atoms with Crippen molar-refractivity contribution in [2.24, 2.45) is 0 Å². The van der Waals surface area contributed by atoms with E-state index in [2.05, 4.69) is 9.97 Å². The van der Waals surface area contributed by atoms with Crippen LogP contribution in [-0.2, 0) is 11.2 Å². The standard InChI is InChI=1S/C21H21N3O3S/c1-3-27-20(26)18-15(2)28-21(23-18)24(14-12-16-9-5-4-6-10-16)19(25)17-11-7-8-13-22-17/h4-11,13H,3,12,14H2,1-2H3. The van der Waals surface area contributed by atoms with Gasteiger partial charge in [0.2, 0.25) is 0 Å². The predicted octanol–water partition coefficient (Wildman–Crippen LogP) is 3.91. The molecule has 6 nitrogen and oxygen atoms in total. The molecule has 0 saturated heterocycles. The molecule has 144 valence electrons. The van der Waals surface area contributed by atoms with Gasteiger partial charge < -0.3 is 4.74 Å². The van der Waals surface area contributed by atoms with Crippen molar-refractivity contribution in [3.8, 4) is 0 Å². The number of carbonyl (C=O) groups is 2. The Labute approximate surface area is 167 Å². The number of hydrogen-bond acceptors (Lipinski definition) is 6. The number of rotatable bonds is 7. The molecule has 0 radical (unpaired) electrons. The van der Waals surface area contributed by atoms with Crippen molar-refractivity contribution in [3.63, 3.8) is 0 Å². The van der Waals surface area contributed by atoms with Crippen LogP contribution in [0.4, 0.5) is 5.13 Å². The number of aromatic nitrogens is 2. The monoisotopic (exact) mass is 395 g/mol. The number of nitrogens with zero attached hydrogens (tertiary/aromatic N) is 3. The van der Waals surface area contributed by atoms with Crippen molar-refractivity contribution < 1.29 is 14.3 Å². The summed E-state index contributed by atoms with van der Waals surface area (Å²) in [4.78, 5) is 36.1. The molecule has 28 heavy (non-hydrogen) atoms. The first-order chi connectivity index (χ1) is 13.6. The average Bonchev–Trinajstić information content (AvgIpc) is 3.11. The van der Waals surface area contributed by atoms with Crippen LogP contribution in [0.2, 0.25) is 0 Å². The molecule has 3 rings (SSSR count). The number of benzene rings is 1. The lowest BCUT2D eigenvalue weighted by Crippen LogP contribution is -2.33. The molecule has 2 aromatic heterocycles. The van der Waals surface area contributed by atoms with E-state index in [1.807, 2.05) is 30.3 Å². The van der Waals surface area contributed by atoms with Crippen LogP contribution in [0.1, 0.15) is 38.3 Å². The van der Waals surface area contributed by atoms with Crippen LogP contribution in [0.5, 0.6) is 0 Å². The van der Waals surface area contributed by atoms with Crippen molar-refractivity contribution >= 4 is 28.3 Å². The molecule has 1 aromatic carbocycles. The third kappa shape index (κ3) is 4.61. The lowest BCUT2D eigenvalue weighted by molar-refractivity contribution is 0.0519. The fraction of sp³-hybridized carbons (Fsp3) is 0.238. The number of ether oxygens (including phenoxy) is 1. The van der Waals surface area contributed by atoms with E-state index in [-0.39, 0.29) is 18.2 Å². The Hall–Kier alpha value is -3.06. The maximum atomic E-state index is 13.1. The van der Waals surface area contributed by atoms with Gasteiger partial charge in [-0.2, -0.15) is 0 Å². The summed E-state index contributed by atoms with van der Waals surface area (Å²) in [7, 11) is 0. The third-order valence-electron chi connectivity index (χ3n) is 4.08. The Balaban J connectivity index is 1.90. The lowest BCUT2D eigenvalue weighted by Gasteiger charge is -2.19. The van der Waals surface area contributed by atoms with E-state index >= 15 is 0 Å². The van der Waals surface area contributed by atoms with E-state index in [1.165, 1.54) is 11.3 Å². The lowest BCUT2D eigenvalue weighted by atomic mass is 10.1. The molecule has 1 amide bonds. The van der Waals surface area contributed by atoms with Gasteiger partial charge in [-0.1, -0.05) is 36.4 Å². The Bertz CT molecular complexity index is 942. The Kier molecular flexibility index (Phi) is 6.49. The number of amides is 1. The van der Waals surface area contributed by atoms with Gasteiger partial charge in [-0.15, -0.1) is 11.3 Å². The molecular formula is C21H21N3O3S. The van der Waals surface area contributed by atoms with Gasteiger partial charge in [0, 0.05) is 17.6 Å². The molecule has 0 aliphatic heterocycles. The van der Waals surface area contributed by atoms with Crippen LogP contribution in [0.25, 0.3) is 0 Å². The van der Waals surface area contributed by atoms with E-state index in [0.29, 0.717) is 28.7 Å². The summed E-state index contributed by atoms with van der Waals surface area (Å²) in [5.74, 6) is -0.725. The highest BCUT2D eigenvalue weighted by molar-refractivity contribution is 7.16. The summed E-state index contributed by atoms with van der Waals surface area (Å²) in [6, 6.07) is 15.1. The van der Waals surface area contributed by atoms with Crippen LogP contribution in [0.3, 0.4) is 0 Å². The van der Waals surface area contributed by atoms with Gasteiger partial charge in [-0.25, -0.2) is 9.78 Å². The normalized spacial score (nSPS) is 10.5. The highest BCUT2D eigenvalue weighted by Gasteiger charge is 2.25. The molecule has 0 N–H and O–H groups in total. The second-order valence-corrected chi connectivity index (χ2v) is 7.21. The Morgan fingerprint density at radius 3 is 2.54 bits per heavy atom. The molecule has 0 aliphatic carbocycles. The minimum Gasteiger partial charge on any atom is -0.461 e. The van der Waals surface area contributed by atoms with Crippen molar-refractivity contribution in [1.82, 2.24) is 9.97 Å². The molecule has 0 spiro atoms. The first-order valence-corrected chi connectivity index (χ1v) is 9.83. The molecule has 7 heteroatoms. The van der Waals surface area contributed by atoms with E-state index in [0.717, 1.165) is 5.56 Å². The van der Waals surface area contributed by atoms with Gasteiger partial charge in [-0.05, 0) is 38.0 Å². The van der Waals surface area contributed by atoms with Gasteiger partial charge in [0.05, 0.1) is 6.61 Å². The molecule has 2 heterocycles. The van der Waals surface area contributed by atoms with E-state index < -0.39 is 5.97 Å². The highest BCUT2D eigenvalue weighted by atomic mass is 32.1. The van der Waals surface area contributed by atoms with Crippen molar-refractivity contribution in [2.45, 2.75) is 20.3 Å². The largest absolute Gasteiger partial charge is 0.461 e. The quantitative estimate of drug-likeness (QED) is 0.567. The summed E-state index contributed by atoms with van der Waals surface area (Å²) in [5, 5.41) is 0.465. The third-order valence-corrected chi connectivity index (χ3v) is 5.07. The smallest absolute Gasteiger partial charge is 0.358 e. The van der Waals surface area contributed by atoms with Crippen molar-refractivity contribution in [3.05, 3.63) is 76.6 Å². The summed E-state index contributed by atoms with van der Waals surface area (Å²) >= 11 is 1.30. The highest BCUT2D eigenvalue weighted by Crippen LogP contribution is 2.27. The number of aryl methyl sites for hydroxylation is 1. The number of anilines is 1. The van der Waals surface area contributed by atoms with Crippen molar-refractivity contribution in [1.29, 1.82) is 0 Å². The molecule has 0 unspecified atom stereocenters. The number of carbonyl (C=O) groups excluding carboxylic acids is 2. The summed E-state index contributed by atoms with van der Waals surface area (Å²) in [6.45, 7) is 4.25. The zero-order chi connectivity index (χ0) is 19.9. The second-order valence-electron chi connectivity index (χ2n) is 6.03. The maximum Gasteiger partial charge on any atom is 0.358 e. The topological polar surface area (TPSA) is 72.4 Å². The summed E-state index contributed by atoms with van der Waals surface area (Å²) in [5.41, 5.74) is 1.70. The van der Waals surface area contributed by atoms with Gasteiger partial charge >= 0.3 is 5.97 Å². The number of pyridine rings is 1. The first-order valence-electron chi connectivity index (χ1n) is 9.01. The zero-order valence-corrected chi connectivity index (χ0v) is 16.6. The molecule has 0 saturated carbocycles. The van der Waals surface area contributed by atoms with Crippen molar-refractivity contribution in [2.75, 3.05) is 18.1 Å². The van der Waals surface area contributed by atoms with Crippen LogP contribution in [0, 0.1) is 6.92 Å². The minimum absolute atomic E-state index is 0.249. The fourth-order valence-corrected chi connectivity index (χ4v) is 3.60. The summed E-state index contributed by atoms with van der Waals surface area (Å²) < 4.78 is 5.07. The van der Waals surface area contributed by atoms with Gasteiger partial charge in [0.15, 0.2) is 10.8 Å². The van der Waals surface area contributed by atoms with Crippen LogP contribution >= 0.6 is 11.3 Å². The second kappa shape index (κ2) is 9.23. The van der Waals surface area contributed by atoms with Crippen LogP contribution < -0.4 is 4.90 Å². The van der Waals surface area contributed by atoms with Gasteiger partial charge in [-0.3, -0.25) is 14.7 Å². The van der Waals surface area contributed by atoms with Gasteiger partial charge in [0.25, 0.3) is 5.91 Å². The molecule has 0 fully saturated rings. The Morgan fingerprint density at radius 2 is 1.86 bits per heavy atom. The minimum atomic E-state index is -0.476. The average molecular weight is 395 g/mol. The summed E-state index contributed by atoms with van der Waals surface area (Å²) in [6.07, 6.45) is 2.24. The number of hydrogen-bond donors (Lipinski definition) is 0. The Morgan fingerprint density at radius 1 is 1.11 bits per heavy atom. The van der Waals surface area contributed by atoms with E-state index in [1.54, 1.807) is 43.1 Å². The zero-order valence-electron chi connectivity index (χ0n) is 15.8. The molecular weight excluding hydrogens is 374 g/mol. The maximum absolute atomic E-state index is 13.1. The number of esters is 1. The molecule has 0 atom stereocenters. The molecule has 0 aliphatic rings.